The van der Waals surface area contributed by atoms with E-state index in [2.05, 4.69) is 15.3 Å². The van der Waals surface area contributed by atoms with E-state index in [1.54, 1.807) is 12.3 Å². The molecule has 1 amide bonds. The minimum absolute atomic E-state index is 0.195. The quantitative estimate of drug-likeness (QED) is 0.910. The summed E-state index contributed by atoms with van der Waals surface area (Å²) in [6.45, 7) is 2.73. The van der Waals surface area contributed by atoms with E-state index in [1.165, 1.54) is 0 Å². The SMILES string of the molecule is O=C(Nc1ccc2c(OCC3CCOC3)nccc2c1)C1=NCC=C1. The van der Waals surface area contributed by atoms with Gasteiger partial charge in [0.05, 0.1) is 19.8 Å². The Balaban J connectivity index is 1.50. The number of carbonyl (C=O) groups excluding carboxylic acids is 1. The summed E-state index contributed by atoms with van der Waals surface area (Å²) in [7, 11) is 0. The first-order valence-corrected chi connectivity index (χ1v) is 8.41. The summed E-state index contributed by atoms with van der Waals surface area (Å²) in [5, 5.41) is 4.77. The Hall–Kier alpha value is -2.73. The molecule has 1 aromatic heterocycles. The molecule has 2 aliphatic heterocycles. The average molecular weight is 337 g/mol. The number of aromatic nitrogens is 1. The number of ether oxygens (including phenoxy) is 2. The van der Waals surface area contributed by atoms with Gasteiger partial charge in [-0.05, 0) is 42.1 Å². The third-order valence-corrected chi connectivity index (χ3v) is 4.34. The highest BCUT2D eigenvalue weighted by Crippen LogP contribution is 2.27. The van der Waals surface area contributed by atoms with Crippen LogP contribution < -0.4 is 10.1 Å². The van der Waals surface area contributed by atoms with Crippen molar-refractivity contribution in [1.29, 1.82) is 0 Å². The first kappa shape index (κ1) is 15.8. The zero-order valence-electron chi connectivity index (χ0n) is 13.8. The van der Waals surface area contributed by atoms with Gasteiger partial charge in [0.2, 0.25) is 5.88 Å². The summed E-state index contributed by atoms with van der Waals surface area (Å²) in [5.74, 6) is 0.848. The maximum atomic E-state index is 12.1. The van der Waals surface area contributed by atoms with Crippen LogP contribution in [0.5, 0.6) is 5.88 Å². The van der Waals surface area contributed by atoms with Gasteiger partial charge in [-0.2, -0.15) is 0 Å². The fourth-order valence-corrected chi connectivity index (χ4v) is 2.97. The number of benzene rings is 1. The average Bonchev–Trinajstić information content (AvgIpc) is 3.33. The van der Waals surface area contributed by atoms with Gasteiger partial charge < -0.3 is 14.8 Å². The molecule has 1 unspecified atom stereocenters. The van der Waals surface area contributed by atoms with E-state index in [4.69, 9.17) is 9.47 Å². The highest BCUT2D eigenvalue weighted by molar-refractivity contribution is 6.47. The van der Waals surface area contributed by atoms with E-state index < -0.39 is 0 Å². The van der Waals surface area contributed by atoms with Gasteiger partial charge in [-0.15, -0.1) is 0 Å². The number of nitrogens with one attached hydrogen (secondary N) is 1. The van der Waals surface area contributed by atoms with Crippen molar-refractivity contribution < 1.29 is 14.3 Å². The van der Waals surface area contributed by atoms with Gasteiger partial charge in [-0.3, -0.25) is 9.79 Å². The van der Waals surface area contributed by atoms with E-state index >= 15 is 0 Å². The molecule has 4 rings (SSSR count). The first-order valence-electron chi connectivity index (χ1n) is 8.41. The third kappa shape index (κ3) is 3.53. The number of hydrogen-bond acceptors (Lipinski definition) is 5. The summed E-state index contributed by atoms with van der Waals surface area (Å²) in [4.78, 5) is 20.6. The van der Waals surface area contributed by atoms with Crippen molar-refractivity contribution in [2.75, 3.05) is 31.7 Å². The lowest BCUT2D eigenvalue weighted by molar-refractivity contribution is -0.110. The van der Waals surface area contributed by atoms with Crippen LogP contribution in [0, 0.1) is 5.92 Å². The molecule has 2 aromatic rings. The Bertz CT molecular complexity index is 854. The van der Waals surface area contributed by atoms with Crippen LogP contribution >= 0.6 is 0 Å². The van der Waals surface area contributed by atoms with Crippen LogP contribution in [0.25, 0.3) is 10.8 Å². The summed E-state index contributed by atoms with van der Waals surface area (Å²) in [6.07, 6.45) is 6.34. The summed E-state index contributed by atoms with van der Waals surface area (Å²) in [5.41, 5.74) is 1.18. The Morgan fingerprint density at radius 2 is 2.32 bits per heavy atom. The molecule has 128 valence electrons. The minimum Gasteiger partial charge on any atom is -0.477 e. The molecular weight excluding hydrogens is 318 g/mol. The first-order chi connectivity index (χ1) is 12.3. The van der Waals surface area contributed by atoms with Crippen molar-refractivity contribution >= 4 is 28.1 Å². The Labute approximate surface area is 145 Å². The number of carbonyl (C=O) groups is 1. The second-order valence-corrected chi connectivity index (χ2v) is 6.18. The van der Waals surface area contributed by atoms with Crippen molar-refractivity contribution in [2.45, 2.75) is 6.42 Å². The second-order valence-electron chi connectivity index (χ2n) is 6.18. The Morgan fingerprint density at radius 3 is 3.12 bits per heavy atom. The van der Waals surface area contributed by atoms with E-state index in [1.807, 2.05) is 30.3 Å². The van der Waals surface area contributed by atoms with E-state index in [0.29, 0.717) is 30.7 Å². The predicted octanol–water partition coefficient (Wildman–Crippen LogP) is 2.60. The second kappa shape index (κ2) is 7.03. The maximum Gasteiger partial charge on any atom is 0.273 e. The molecule has 3 heterocycles. The zero-order valence-corrected chi connectivity index (χ0v) is 13.8. The molecular formula is C19H19N3O3. The topological polar surface area (TPSA) is 72.8 Å². The number of hydrogen-bond donors (Lipinski definition) is 1. The minimum atomic E-state index is -0.195. The Kier molecular flexibility index (Phi) is 4.43. The van der Waals surface area contributed by atoms with Crippen LogP contribution in [-0.2, 0) is 9.53 Å². The number of rotatable bonds is 5. The van der Waals surface area contributed by atoms with Gasteiger partial charge in [-0.1, -0.05) is 6.08 Å². The van der Waals surface area contributed by atoms with E-state index in [-0.39, 0.29) is 5.91 Å². The number of nitrogens with zero attached hydrogens (tertiary/aromatic N) is 2. The van der Waals surface area contributed by atoms with Crippen LogP contribution in [0.4, 0.5) is 5.69 Å². The van der Waals surface area contributed by atoms with Crippen molar-refractivity contribution in [2.24, 2.45) is 10.9 Å². The van der Waals surface area contributed by atoms with Gasteiger partial charge in [0.1, 0.15) is 5.71 Å². The third-order valence-electron chi connectivity index (χ3n) is 4.34. The van der Waals surface area contributed by atoms with Crippen LogP contribution in [0.3, 0.4) is 0 Å². The fraction of sp³-hybridized carbons (Fsp3) is 0.316. The normalized spacial score (nSPS) is 19.2. The lowest BCUT2D eigenvalue weighted by atomic mass is 10.1. The molecule has 25 heavy (non-hydrogen) atoms. The van der Waals surface area contributed by atoms with Gasteiger partial charge >= 0.3 is 0 Å². The fourth-order valence-electron chi connectivity index (χ4n) is 2.97. The molecule has 0 saturated carbocycles. The van der Waals surface area contributed by atoms with Crippen molar-refractivity contribution in [3.63, 3.8) is 0 Å². The van der Waals surface area contributed by atoms with Gasteiger partial charge in [-0.25, -0.2) is 4.98 Å². The van der Waals surface area contributed by atoms with Crippen LogP contribution in [-0.4, -0.2) is 43.0 Å². The van der Waals surface area contributed by atoms with E-state index in [0.717, 1.165) is 36.1 Å². The molecule has 1 aromatic carbocycles. The molecule has 6 heteroatoms. The molecule has 0 aliphatic carbocycles. The zero-order chi connectivity index (χ0) is 17.1. The lowest BCUT2D eigenvalue weighted by Gasteiger charge is -2.12. The molecule has 0 spiro atoms. The monoisotopic (exact) mass is 337 g/mol. The number of fused-ring (bicyclic) bond motifs is 1. The highest BCUT2D eigenvalue weighted by atomic mass is 16.5. The standard InChI is InChI=1S/C19H19N3O3/c23-18(17-2-1-7-20-17)22-15-3-4-16-14(10-15)5-8-21-19(16)25-12-13-6-9-24-11-13/h1-5,8,10,13H,6-7,9,11-12H2,(H,22,23). The molecule has 1 saturated heterocycles. The van der Waals surface area contributed by atoms with Crippen molar-refractivity contribution in [3.05, 3.63) is 42.6 Å². The predicted molar refractivity (Wildman–Crippen MR) is 96.2 cm³/mol. The van der Waals surface area contributed by atoms with Crippen LogP contribution in [0.1, 0.15) is 6.42 Å². The summed E-state index contributed by atoms with van der Waals surface area (Å²) >= 11 is 0. The molecule has 2 aliphatic rings. The summed E-state index contributed by atoms with van der Waals surface area (Å²) < 4.78 is 11.3. The molecule has 1 atom stereocenters. The molecule has 6 nitrogen and oxygen atoms in total. The maximum absolute atomic E-state index is 12.1. The largest absolute Gasteiger partial charge is 0.477 e. The molecule has 1 fully saturated rings. The molecule has 0 bridgehead atoms. The highest BCUT2D eigenvalue weighted by Gasteiger charge is 2.17. The number of pyridine rings is 1. The van der Waals surface area contributed by atoms with E-state index in [9.17, 15) is 4.79 Å². The Morgan fingerprint density at radius 1 is 1.36 bits per heavy atom. The lowest BCUT2D eigenvalue weighted by Crippen LogP contribution is -2.20. The van der Waals surface area contributed by atoms with Gasteiger partial charge in [0.15, 0.2) is 0 Å². The number of amides is 1. The van der Waals surface area contributed by atoms with Gasteiger partial charge in [0.25, 0.3) is 5.91 Å². The van der Waals surface area contributed by atoms with Gasteiger partial charge in [0, 0.05) is 29.8 Å². The molecule has 0 radical (unpaired) electrons. The number of aliphatic imine (C=N–C) groups is 1. The summed E-state index contributed by atoms with van der Waals surface area (Å²) in [6, 6.07) is 7.60. The number of anilines is 1. The van der Waals surface area contributed by atoms with Crippen LogP contribution in [0.15, 0.2) is 47.6 Å². The van der Waals surface area contributed by atoms with Crippen LogP contribution in [0.2, 0.25) is 0 Å². The van der Waals surface area contributed by atoms with Crippen molar-refractivity contribution in [1.82, 2.24) is 4.98 Å². The molecule has 1 N–H and O–H groups in total. The van der Waals surface area contributed by atoms with Crippen molar-refractivity contribution in [3.8, 4) is 5.88 Å². The smallest absolute Gasteiger partial charge is 0.273 e.